The predicted octanol–water partition coefficient (Wildman–Crippen LogP) is 2.44. The zero-order valence-corrected chi connectivity index (χ0v) is 11.3. The molecular formula is C14H16F4N2O. The van der Waals surface area contributed by atoms with Gasteiger partial charge in [0, 0.05) is 18.7 Å². The van der Waals surface area contributed by atoms with Crippen LogP contribution in [0.3, 0.4) is 0 Å². The molecule has 1 aliphatic rings. The number of nitrogens with one attached hydrogen (secondary N) is 1. The van der Waals surface area contributed by atoms with E-state index in [9.17, 15) is 22.4 Å². The maximum absolute atomic E-state index is 12.7. The van der Waals surface area contributed by atoms with Gasteiger partial charge >= 0.3 is 6.18 Å². The largest absolute Gasteiger partial charge is 0.401 e. The molecule has 1 atom stereocenters. The highest BCUT2D eigenvalue weighted by atomic mass is 19.4. The molecule has 0 bridgehead atoms. The molecule has 2 rings (SSSR count). The van der Waals surface area contributed by atoms with Gasteiger partial charge in [-0.2, -0.15) is 13.2 Å². The van der Waals surface area contributed by atoms with E-state index in [1.165, 1.54) is 29.2 Å². The summed E-state index contributed by atoms with van der Waals surface area (Å²) in [4.78, 5) is 13.1. The second-order valence-corrected chi connectivity index (χ2v) is 5.22. The number of nitrogens with zero attached hydrogens (tertiary/aromatic N) is 1. The SMILES string of the molecule is O=C(NCC1CCN(CC(F)(F)F)C1)c1ccc(F)cc1. The minimum Gasteiger partial charge on any atom is -0.352 e. The number of likely N-dealkylation sites (tertiary alicyclic amines) is 1. The molecule has 21 heavy (non-hydrogen) atoms. The van der Waals surface area contributed by atoms with Gasteiger partial charge in [0.2, 0.25) is 0 Å². The number of benzene rings is 1. The highest BCUT2D eigenvalue weighted by Gasteiger charge is 2.34. The van der Waals surface area contributed by atoms with Crippen LogP contribution in [0.4, 0.5) is 17.6 Å². The summed E-state index contributed by atoms with van der Waals surface area (Å²) >= 11 is 0. The number of halogens is 4. The van der Waals surface area contributed by atoms with E-state index in [0.29, 0.717) is 31.6 Å². The van der Waals surface area contributed by atoms with E-state index in [-0.39, 0.29) is 11.8 Å². The van der Waals surface area contributed by atoms with Gasteiger partial charge in [-0.05, 0) is 43.1 Å². The zero-order valence-electron chi connectivity index (χ0n) is 11.3. The number of hydrogen-bond donors (Lipinski definition) is 1. The molecule has 1 fully saturated rings. The van der Waals surface area contributed by atoms with Gasteiger partial charge in [-0.15, -0.1) is 0 Å². The number of amides is 1. The van der Waals surface area contributed by atoms with Crippen LogP contribution in [-0.4, -0.2) is 43.2 Å². The van der Waals surface area contributed by atoms with Gasteiger partial charge in [-0.3, -0.25) is 9.69 Å². The third kappa shape index (κ3) is 5.00. The summed E-state index contributed by atoms with van der Waals surface area (Å²) in [7, 11) is 0. The Morgan fingerprint density at radius 3 is 2.57 bits per heavy atom. The van der Waals surface area contributed by atoms with E-state index in [1.54, 1.807) is 0 Å². The van der Waals surface area contributed by atoms with Crippen LogP contribution in [0.1, 0.15) is 16.8 Å². The van der Waals surface area contributed by atoms with E-state index in [0.717, 1.165) is 0 Å². The summed E-state index contributed by atoms with van der Waals surface area (Å²) in [6, 6.07) is 5.12. The maximum atomic E-state index is 12.7. The molecule has 1 aromatic carbocycles. The first kappa shape index (κ1) is 15.8. The summed E-state index contributed by atoms with van der Waals surface area (Å²) in [6.07, 6.45) is -3.56. The monoisotopic (exact) mass is 304 g/mol. The predicted molar refractivity (Wildman–Crippen MR) is 69.3 cm³/mol. The van der Waals surface area contributed by atoms with E-state index < -0.39 is 18.5 Å². The minimum atomic E-state index is -4.19. The number of carbonyl (C=O) groups excluding carboxylic acids is 1. The average molecular weight is 304 g/mol. The van der Waals surface area contributed by atoms with Crippen LogP contribution in [0.25, 0.3) is 0 Å². The van der Waals surface area contributed by atoms with Gasteiger partial charge in [-0.1, -0.05) is 0 Å². The van der Waals surface area contributed by atoms with E-state index in [1.807, 2.05) is 0 Å². The summed E-state index contributed by atoms with van der Waals surface area (Å²) in [5.41, 5.74) is 0.335. The van der Waals surface area contributed by atoms with Gasteiger partial charge in [0.1, 0.15) is 5.82 Å². The van der Waals surface area contributed by atoms with Crippen LogP contribution in [0.5, 0.6) is 0 Å². The van der Waals surface area contributed by atoms with Crippen molar-refractivity contribution in [3.8, 4) is 0 Å². The van der Waals surface area contributed by atoms with E-state index in [2.05, 4.69) is 5.32 Å². The second kappa shape index (κ2) is 6.43. The molecule has 1 aromatic rings. The molecule has 116 valence electrons. The molecule has 0 saturated carbocycles. The van der Waals surface area contributed by atoms with Crippen molar-refractivity contribution in [3.63, 3.8) is 0 Å². The Labute approximate surface area is 119 Å². The van der Waals surface area contributed by atoms with Crippen molar-refractivity contribution in [1.29, 1.82) is 0 Å². The normalized spacial score (nSPS) is 19.7. The lowest BCUT2D eigenvalue weighted by atomic mass is 10.1. The van der Waals surface area contributed by atoms with Crippen LogP contribution in [0.2, 0.25) is 0 Å². The van der Waals surface area contributed by atoms with Crippen molar-refractivity contribution < 1.29 is 22.4 Å². The topological polar surface area (TPSA) is 32.3 Å². The van der Waals surface area contributed by atoms with Crippen molar-refractivity contribution >= 4 is 5.91 Å². The fourth-order valence-corrected chi connectivity index (χ4v) is 2.42. The van der Waals surface area contributed by atoms with Gasteiger partial charge in [-0.25, -0.2) is 4.39 Å². The Bertz CT molecular complexity index is 487. The third-order valence-electron chi connectivity index (χ3n) is 3.43. The Kier molecular flexibility index (Phi) is 4.82. The van der Waals surface area contributed by atoms with Crippen LogP contribution < -0.4 is 5.32 Å². The molecular weight excluding hydrogens is 288 g/mol. The highest BCUT2D eigenvalue weighted by molar-refractivity contribution is 5.94. The fourth-order valence-electron chi connectivity index (χ4n) is 2.42. The van der Waals surface area contributed by atoms with Crippen LogP contribution >= 0.6 is 0 Å². The number of alkyl halides is 3. The first-order chi connectivity index (χ1) is 9.83. The van der Waals surface area contributed by atoms with Crippen LogP contribution in [-0.2, 0) is 0 Å². The number of rotatable bonds is 4. The smallest absolute Gasteiger partial charge is 0.352 e. The lowest BCUT2D eigenvalue weighted by molar-refractivity contribution is -0.143. The first-order valence-corrected chi connectivity index (χ1v) is 6.66. The Balaban J connectivity index is 1.76. The maximum Gasteiger partial charge on any atom is 0.401 e. The molecule has 1 N–H and O–H groups in total. The molecule has 3 nitrogen and oxygen atoms in total. The van der Waals surface area contributed by atoms with E-state index >= 15 is 0 Å². The van der Waals surface area contributed by atoms with Crippen molar-refractivity contribution in [2.45, 2.75) is 12.6 Å². The summed E-state index contributed by atoms with van der Waals surface area (Å²) < 4.78 is 49.5. The molecule has 1 heterocycles. The number of carbonyl (C=O) groups is 1. The molecule has 1 unspecified atom stereocenters. The molecule has 1 aliphatic heterocycles. The summed E-state index contributed by atoms with van der Waals surface area (Å²) in [6.45, 7) is 0.125. The van der Waals surface area contributed by atoms with Gasteiger partial charge in [0.05, 0.1) is 6.54 Å². The van der Waals surface area contributed by atoms with Crippen molar-refractivity contribution in [3.05, 3.63) is 35.6 Å². The Hall–Kier alpha value is -1.63. The number of hydrogen-bond acceptors (Lipinski definition) is 2. The molecule has 0 spiro atoms. The minimum absolute atomic E-state index is 0.0109. The summed E-state index contributed by atoms with van der Waals surface area (Å²) in [5.74, 6) is -0.758. The quantitative estimate of drug-likeness (QED) is 0.867. The molecule has 0 aromatic heterocycles. The molecule has 1 amide bonds. The molecule has 7 heteroatoms. The molecule has 0 aliphatic carbocycles. The average Bonchev–Trinajstić information content (AvgIpc) is 2.82. The van der Waals surface area contributed by atoms with Crippen molar-refractivity contribution in [2.75, 3.05) is 26.2 Å². The molecule has 1 saturated heterocycles. The zero-order chi connectivity index (χ0) is 15.5. The summed E-state index contributed by atoms with van der Waals surface area (Å²) in [5, 5.41) is 2.67. The first-order valence-electron chi connectivity index (χ1n) is 6.66. The second-order valence-electron chi connectivity index (χ2n) is 5.22. The van der Waals surface area contributed by atoms with Gasteiger partial charge < -0.3 is 5.32 Å². The standard InChI is InChI=1S/C14H16F4N2O/c15-12-3-1-11(2-4-12)13(21)19-7-10-5-6-20(8-10)9-14(16,17)18/h1-4,10H,5-9H2,(H,19,21). The van der Waals surface area contributed by atoms with Gasteiger partial charge in [0.15, 0.2) is 0 Å². The molecule has 0 radical (unpaired) electrons. The Morgan fingerprint density at radius 2 is 1.95 bits per heavy atom. The van der Waals surface area contributed by atoms with Gasteiger partial charge in [0.25, 0.3) is 5.91 Å². The third-order valence-corrected chi connectivity index (χ3v) is 3.43. The highest BCUT2D eigenvalue weighted by Crippen LogP contribution is 2.22. The fraction of sp³-hybridized carbons (Fsp3) is 0.500. The van der Waals surface area contributed by atoms with Crippen molar-refractivity contribution in [2.24, 2.45) is 5.92 Å². The van der Waals surface area contributed by atoms with Crippen LogP contribution in [0, 0.1) is 11.7 Å². The Morgan fingerprint density at radius 1 is 1.29 bits per heavy atom. The van der Waals surface area contributed by atoms with E-state index in [4.69, 9.17) is 0 Å². The van der Waals surface area contributed by atoms with Crippen LogP contribution in [0.15, 0.2) is 24.3 Å². The lowest BCUT2D eigenvalue weighted by Crippen LogP contribution is -2.34. The van der Waals surface area contributed by atoms with Crippen molar-refractivity contribution in [1.82, 2.24) is 10.2 Å². The lowest BCUT2D eigenvalue weighted by Gasteiger charge is -2.18.